The van der Waals surface area contributed by atoms with E-state index in [-0.39, 0.29) is 18.8 Å². The molecule has 0 bridgehead atoms. The van der Waals surface area contributed by atoms with Gasteiger partial charge in [0.2, 0.25) is 0 Å². The summed E-state index contributed by atoms with van der Waals surface area (Å²) in [6.45, 7) is 1.82. The van der Waals surface area contributed by atoms with Crippen LogP contribution in [0.3, 0.4) is 0 Å². The maximum atomic E-state index is 9.43. The summed E-state index contributed by atoms with van der Waals surface area (Å²) in [7, 11) is 3.41. The van der Waals surface area contributed by atoms with Crippen molar-refractivity contribution >= 4 is 0 Å². The summed E-state index contributed by atoms with van der Waals surface area (Å²) in [5, 5.41) is 9.43. The third kappa shape index (κ3) is 2.83. The number of hydrogen-bond donors (Lipinski definition) is 1. The van der Waals surface area contributed by atoms with Crippen LogP contribution in [0.4, 0.5) is 0 Å². The second-order valence-corrected chi connectivity index (χ2v) is 4.67. The number of rotatable bonds is 5. The largest absolute Gasteiger partial charge is 0.496 e. The van der Waals surface area contributed by atoms with Gasteiger partial charge in [0.1, 0.15) is 5.75 Å². The molecule has 1 heterocycles. The molecule has 2 rings (SSSR count). The normalized spacial score (nSPS) is 24.4. The Kier molecular flexibility index (Phi) is 4.58. The molecule has 100 valence electrons. The summed E-state index contributed by atoms with van der Waals surface area (Å²) >= 11 is 0. The minimum atomic E-state index is 0.176. The second-order valence-electron chi connectivity index (χ2n) is 4.67. The van der Waals surface area contributed by atoms with Crippen LogP contribution in [0.25, 0.3) is 0 Å². The predicted octanol–water partition coefficient (Wildman–Crippen LogP) is 1.28. The lowest BCUT2D eigenvalue weighted by atomic mass is 10.1. The maximum Gasteiger partial charge on any atom is 0.123 e. The van der Waals surface area contributed by atoms with Gasteiger partial charge >= 0.3 is 0 Å². The van der Waals surface area contributed by atoms with Crippen LogP contribution in [0.15, 0.2) is 24.3 Å². The van der Waals surface area contributed by atoms with E-state index in [1.165, 1.54) is 0 Å². The van der Waals surface area contributed by atoms with Crippen molar-refractivity contribution in [3.8, 4) is 5.75 Å². The van der Waals surface area contributed by atoms with Crippen LogP contribution in [-0.2, 0) is 11.3 Å². The first-order chi connectivity index (χ1) is 8.78. The zero-order valence-electron chi connectivity index (χ0n) is 11.0. The molecule has 1 aliphatic heterocycles. The molecule has 0 radical (unpaired) electrons. The first-order valence-corrected chi connectivity index (χ1v) is 6.28. The average molecular weight is 251 g/mol. The molecule has 4 heteroatoms. The Hall–Kier alpha value is -1.10. The highest BCUT2D eigenvalue weighted by Crippen LogP contribution is 2.25. The van der Waals surface area contributed by atoms with E-state index < -0.39 is 0 Å². The Morgan fingerprint density at radius 2 is 2.11 bits per heavy atom. The van der Waals surface area contributed by atoms with Crippen molar-refractivity contribution in [1.82, 2.24) is 4.90 Å². The van der Waals surface area contributed by atoms with Crippen LogP contribution in [0.5, 0.6) is 5.75 Å². The van der Waals surface area contributed by atoms with Crippen molar-refractivity contribution < 1.29 is 14.6 Å². The van der Waals surface area contributed by atoms with Crippen molar-refractivity contribution in [2.45, 2.75) is 25.1 Å². The summed E-state index contributed by atoms with van der Waals surface area (Å²) in [5.74, 6) is 0.898. The summed E-state index contributed by atoms with van der Waals surface area (Å²) < 4.78 is 10.7. The van der Waals surface area contributed by atoms with E-state index in [0.717, 1.165) is 30.8 Å². The second kappa shape index (κ2) is 6.18. The highest BCUT2D eigenvalue weighted by Gasteiger charge is 2.31. The Morgan fingerprint density at radius 3 is 2.78 bits per heavy atom. The lowest BCUT2D eigenvalue weighted by Gasteiger charge is -2.23. The number of aliphatic hydroxyl groups is 1. The van der Waals surface area contributed by atoms with Gasteiger partial charge < -0.3 is 14.6 Å². The molecule has 18 heavy (non-hydrogen) atoms. The van der Waals surface area contributed by atoms with Crippen molar-refractivity contribution in [2.24, 2.45) is 0 Å². The molecule has 0 spiro atoms. The lowest BCUT2D eigenvalue weighted by Crippen LogP contribution is -2.32. The van der Waals surface area contributed by atoms with Crippen LogP contribution in [0.2, 0.25) is 0 Å². The number of nitrogens with zero attached hydrogens (tertiary/aromatic N) is 1. The van der Waals surface area contributed by atoms with E-state index in [1.807, 2.05) is 18.2 Å². The smallest absolute Gasteiger partial charge is 0.123 e. The van der Waals surface area contributed by atoms with Gasteiger partial charge in [0.25, 0.3) is 0 Å². The third-order valence-electron chi connectivity index (χ3n) is 3.60. The van der Waals surface area contributed by atoms with E-state index in [1.54, 1.807) is 14.2 Å². The molecular formula is C14H21NO3. The van der Waals surface area contributed by atoms with E-state index in [0.29, 0.717) is 0 Å². The fraction of sp³-hybridized carbons (Fsp3) is 0.571. The van der Waals surface area contributed by atoms with E-state index in [9.17, 15) is 5.11 Å². The van der Waals surface area contributed by atoms with Gasteiger partial charge in [0.05, 0.1) is 19.8 Å². The minimum Gasteiger partial charge on any atom is -0.496 e. The molecule has 0 unspecified atom stereocenters. The molecule has 1 aliphatic rings. The standard InChI is InChI=1S/C14H21NO3/c1-17-13-7-12(10-16)15(9-13)8-11-5-3-4-6-14(11)18-2/h3-6,12-13,16H,7-10H2,1-2H3/t12-,13+/m0/s1. The van der Waals surface area contributed by atoms with Crippen LogP contribution < -0.4 is 4.74 Å². The Morgan fingerprint density at radius 1 is 1.33 bits per heavy atom. The quantitative estimate of drug-likeness (QED) is 0.856. The van der Waals surface area contributed by atoms with Gasteiger partial charge in [-0.3, -0.25) is 4.90 Å². The van der Waals surface area contributed by atoms with Gasteiger partial charge in [0.15, 0.2) is 0 Å². The molecule has 0 aliphatic carbocycles. The molecule has 1 aromatic carbocycles. The number of methoxy groups -OCH3 is 2. The topological polar surface area (TPSA) is 41.9 Å². The lowest BCUT2D eigenvalue weighted by molar-refractivity contribution is 0.107. The zero-order chi connectivity index (χ0) is 13.0. The first-order valence-electron chi connectivity index (χ1n) is 6.28. The minimum absolute atomic E-state index is 0.176. The number of ether oxygens (including phenoxy) is 2. The van der Waals surface area contributed by atoms with Crippen molar-refractivity contribution in [3.05, 3.63) is 29.8 Å². The third-order valence-corrected chi connectivity index (χ3v) is 3.60. The summed E-state index contributed by atoms with van der Waals surface area (Å²) in [4.78, 5) is 2.26. The van der Waals surface area contributed by atoms with Crippen molar-refractivity contribution in [2.75, 3.05) is 27.4 Å². The molecule has 1 N–H and O–H groups in total. The molecule has 1 fully saturated rings. The van der Waals surface area contributed by atoms with Crippen molar-refractivity contribution in [3.63, 3.8) is 0 Å². The fourth-order valence-electron chi connectivity index (χ4n) is 2.54. The number of aliphatic hydroxyl groups excluding tert-OH is 1. The molecule has 1 saturated heterocycles. The molecule has 0 amide bonds. The summed E-state index contributed by atoms with van der Waals surface area (Å²) in [5.41, 5.74) is 1.15. The van der Waals surface area contributed by atoms with Gasteiger partial charge in [-0.25, -0.2) is 0 Å². The van der Waals surface area contributed by atoms with Crippen LogP contribution in [-0.4, -0.2) is 49.5 Å². The van der Waals surface area contributed by atoms with Crippen molar-refractivity contribution in [1.29, 1.82) is 0 Å². The summed E-state index contributed by atoms with van der Waals surface area (Å²) in [6, 6.07) is 8.18. The maximum absolute atomic E-state index is 9.43. The SMILES string of the molecule is COc1ccccc1CN1C[C@H](OC)C[C@H]1CO. The van der Waals surface area contributed by atoms with Crippen LogP contribution in [0, 0.1) is 0 Å². The Bertz CT molecular complexity index is 383. The molecular weight excluding hydrogens is 230 g/mol. The summed E-state index contributed by atoms with van der Waals surface area (Å²) in [6.07, 6.45) is 1.11. The van der Waals surface area contributed by atoms with Gasteiger partial charge in [-0.2, -0.15) is 0 Å². The number of likely N-dealkylation sites (tertiary alicyclic amines) is 1. The number of para-hydroxylation sites is 1. The molecule has 2 atom stereocenters. The van der Waals surface area contributed by atoms with Crippen LogP contribution in [0.1, 0.15) is 12.0 Å². The highest BCUT2D eigenvalue weighted by atomic mass is 16.5. The number of benzene rings is 1. The van der Waals surface area contributed by atoms with Gasteiger partial charge in [-0.05, 0) is 12.5 Å². The number of hydrogen-bond acceptors (Lipinski definition) is 4. The monoisotopic (exact) mass is 251 g/mol. The molecule has 0 saturated carbocycles. The predicted molar refractivity (Wildman–Crippen MR) is 69.7 cm³/mol. The average Bonchev–Trinajstić information content (AvgIpc) is 2.81. The van der Waals surface area contributed by atoms with Gasteiger partial charge in [-0.15, -0.1) is 0 Å². The van der Waals surface area contributed by atoms with E-state index in [4.69, 9.17) is 9.47 Å². The highest BCUT2D eigenvalue weighted by molar-refractivity contribution is 5.33. The van der Waals surface area contributed by atoms with E-state index in [2.05, 4.69) is 11.0 Å². The van der Waals surface area contributed by atoms with Gasteiger partial charge in [0, 0.05) is 31.8 Å². The fourth-order valence-corrected chi connectivity index (χ4v) is 2.54. The van der Waals surface area contributed by atoms with E-state index >= 15 is 0 Å². The first kappa shape index (κ1) is 13.3. The molecule has 1 aromatic rings. The molecule has 4 nitrogen and oxygen atoms in total. The zero-order valence-corrected chi connectivity index (χ0v) is 11.0. The molecule has 0 aromatic heterocycles. The van der Waals surface area contributed by atoms with Gasteiger partial charge in [-0.1, -0.05) is 18.2 Å². The Labute approximate surface area is 108 Å². The van der Waals surface area contributed by atoms with Crippen LogP contribution >= 0.6 is 0 Å². The Balaban J connectivity index is 2.08.